The van der Waals surface area contributed by atoms with Crippen LogP contribution in [0.4, 0.5) is 14.5 Å². The third-order valence-electron chi connectivity index (χ3n) is 4.97. The van der Waals surface area contributed by atoms with Gasteiger partial charge in [-0.05, 0) is 51.7 Å². The first-order valence-electron chi connectivity index (χ1n) is 9.44. The summed E-state index contributed by atoms with van der Waals surface area (Å²) in [7, 11) is 0. The van der Waals surface area contributed by atoms with Crippen molar-refractivity contribution < 1.29 is 27.8 Å². The minimum atomic E-state index is -0.801. The molecule has 1 aliphatic carbocycles. The summed E-state index contributed by atoms with van der Waals surface area (Å²) < 4.78 is 37.0. The van der Waals surface area contributed by atoms with E-state index in [4.69, 9.17) is 9.47 Å². The van der Waals surface area contributed by atoms with Crippen LogP contribution in [-0.4, -0.2) is 31.7 Å². The monoisotopic (exact) mass is 383 g/mol. The van der Waals surface area contributed by atoms with Gasteiger partial charge in [0.15, 0.2) is 0 Å². The second-order valence-corrected chi connectivity index (χ2v) is 6.88. The van der Waals surface area contributed by atoms with Gasteiger partial charge < -0.3 is 14.8 Å². The number of carbonyl (C=O) groups is 2. The molecular formula is C20H27F2NO4. The quantitative estimate of drug-likeness (QED) is 0.686. The van der Waals surface area contributed by atoms with Gasteiger partial charge in [-0.3, -0.25) is 9.59 Å². The Morgan fingerprint density at radius 3 is 2.44 bits per heavy atom. The van der Waals surface area contributed by atoms with Crippen molar-refractivity contribution in [2.24, 2.45) is 11.3 Å². The van der Waals surface area contributed by atoms with Crippen molar-refractivity contribution in [2.75, 3.05) is 25.1 Å². The van der Waals surface area contributed by atoms with Crippen molar-refractivity contribution in [1.29, 1.82) is 0 Å². The first-order valence-corrected chi connectivity index (χ1v) is 9.44. The van der Waals surface area contributed by atoms with Gasteiger partial charge in [0.2, 0.25) is 0 Å². The van der Waals surface area contributed by atoms with Crippen LogP contribution in [0.15, 0.2) is 18.2 Å². The Bertz CT molecular complexity index is 647. The highest BCUT2D eigenvalue weighted by Gasteiger charge is 2.45. The van der Waals surface area contributed by atoms with Crippen LogP contribution in [0.3, 0.4) is 0 Å². The molecule has 0 aromatic heterocycles. The number of esters is 2. The van der Waals surface area contributed by atoms with Gasteiger partial charge in [0.25, 0.3) is 0 Å². The van der Waals surface area contributed by atoms with Crippen molar-refractivity contribution in [3.63, 3.8) is 0 Å². The molecule has 1 N–H and O–H groups in total. The molecule has 150 valence electrons. The Morgan fingerprint density at radius 2 is 1.81 bits per heavy atom. The first-order chi connectivity index (χ1) is 12.9. The largest absolute Gasteiger partial charge is 0.466 e. The lowest BCUT2D eigenvalue weighted by atomic mass is 9.67. The Kier molecular flexibility index (Phi) is 7.56. The van der Waals surface area contributed by atoms with Crippen LogP contribution in [0, 0.1) is 23.0 Å². The smallest absolute Gasteiger partial charge is 0.312 e. The molecule has 1 aromatic carbocycles. The maximum Gasteiger partial charge on any atom is 0.312 e. The molecule has 0 saturated heterocycles. The molecule has 1 saturated carbocycles. The summed E-state index contributed by atoms with van der Waals surface area (Å²) in [6.45, 7) is 4.38. The fourth-order valence-electron chi connectivity index (χ4n) is 3.72. The molecule has 27 heavy (non-hydrogen) atoms. The molecule has 5 nitrogen and oxygen atoms in total. The van der Waals surface area contributed by atoms with Gasteiger partial charge in [0, 0.05) is 18.3 Å². The van der Waals surface area contributed by atoms with Gasteiger partial charge in [0.1, 0.15) is 11.6 Å². The Morgan fingerprint density at radius 1 is 1.15 bits per heavy atom. The van der Waals surface area contributed by atoms with E-state index in [9.17, 15) is 18.4 Å². The average Bonchev–Trinajstić information content (AvgIpc) is 2.61. The van der Waals surface area contributed by atoms with Crippen LogP contribution in [0.1, 0.15) is 46.0 Å². The molecule has 0 aliphatic heterocycles. The molecule has 0 spiro atoms. The van der Waals surface area contributed by atoms with Crippen LogP contribution in [0.25, 0.3) is 0 Å². The summed E-state index contributed by atoms with van der Waals surface area (Å²) in [5, 5.41) is 2.96. The van der Waals surface area contributed by atoms with Crippen molar-refractivity contribution in [3.8, 4) is 0 Å². The zero-order valence-electron chi connectivity index (χ0n) is 15.9. The maximum absolute atomic E-state index is 13.3. The van der Waals surface area contributed by atoms with Gasteiger partial charge >= 0.3 is 11.9 Å². The number of ether oxygens (including phenoxy) is 2. The summed E-state index contributed by atoms with van der Waals surface area (Å²) >= 11 is 0. The zero-order chi connectivity index (χ0) is 19.9. The van der Waals surface area contributed by atoms with E-state index in [-0.39, 0.29) is 24.5 Å². The highest BCUT2D eigenvalue weighted by atomic mass is 19.1. The highest BCUT2D eigenvalue weighted by molar-refractivity contribution is 5.79. The number of anilines is 1. The summed E-state index contributed by atoms with van der Waals surface area (Å²) in [4.78, 5) is 24.8. The molecule has 1 aliphatic rings. The summed E-state index contributed by atoms with van der Waals surface area (Å²) in [5.74, 6) is -2.29. The van der Waals surface area contributed by atoms with E-state index in [2.05, 4.69) is 5.32 Å². The molecule has 7 heteroatoms. The Hall–Kier alpha value is -2.18. The van der Waals surface area contributed by atoms with E-state index in [1.165, 1.54) is 12.1 Å². The first kappa shape index (κ1) is 21.1. The van der Waals surface area contributed by atoms with E-state index in [1.807, 2.05) is 0 Å². The molecule has 0 heterocycles. The van der Waals surface area contributed by atoms with Crippen LogP contribution in [-0.2, 0) is 19.1 Å². The van der Waals surface area contributed by atoms with Crippen LogP contribution >= 0.6 is 0 Å². The predicted octanol–water partition coefficient (Wildman–Crippen LogP) is 4.07. The SMILES string of the molecule is CCOC(=O)C1CCCC(CCNc2cc(F)cc(F)c2)(C(=O)OCC)C1. The number of benzene rings is 1. The number of hydrogen-bond acceptors (Lipinski definition) is 5. The van der Waals surface area contributed by atoms with Crippen molar-refractivity contribution in [1.82, 2.24) is 0 Å². The normalized spacial score (nSPS) is 22.1. The van der Waals surface area contributed by atoms with E-state index in [1.54, 1.807) is 13.8 Å². The fourth-order valence-corrected chi connectivity index (χ4v) is 3.72. The third kappa shape index (κ3) is 5.65. The topological polar surface area (TPSA) is 64.6 Å². The molecule has 1 fully saturated rings. The lowest BCUT2D eigenvalue weighted by molar-refractivity contribution is -0.162. The third-order valence-corrected chi connectivity index (χ3v) is 4.97. The fraction of sp³-hybridized carbons (Fsp3) is 0.600. The molecule has 2 atom stereocenters. The van der Waals surface area contributed by atoms with Gasteiger partial charge in [0.05, 0.1) is 24.5 Å². The summed E-state index contributed by atoms with van der Waals surface area (Å²) in [5.41, 5.74) is -0.492. The lowest BCUT2D eigenvalue weighted by Gasteiger charge is -2.38. The van der Waals surface area contributed by atoms with Crippen molar-refractivity contribution in [2.45, 2.75) is 46.0 Å². The second-order valence-electron chi connectivity index (χ2n) is 6.88. The molecule has 0 radical (unpaired) electrons. The van der Waals surface area contributed by atoms with Crippen LogP contribution in [0.5, 0.6) is 0 Å². The minimum Gasteiger partial charge on any atom is -0.466 e. The van der Waals surface area contributed by atoms with Gasteiger partial charge in [-0.2, -0.15) is 0 Å². The minimum absolute atomic E-state index is 0.257. The number of nitrogens with one attached hydrogen (secondary N) is 1. The zero-order valence-corrected chi connectivity index (χ0v) is 15.9. The van der Waals surface area contributed by atoms with Crippen LogP contribution in [0.2, 0.25) is 0 Å². The van der Waals surface area contributed by atoms with E-state index >= 15 is 0 Å². The average molecular weight is 383 g/mol. The van der Waals surface area contributed by atoms with Gasteiger partial charge in [-0.25, -0.2) is 8.78 Å². The van der Waals surface area contributed by atoms with Crippen molar-refractivity contribution in [3.05, 3.63) is 29.8 Å². The van der Waals surface area contributed by atoms with E-state index in [0.29, 0.717) is 44.5 Å². The second kappa shape index (κ2) is 9.67. The number of halogens is 2. The van der Waals surface area contributed by atoms with E-state index in [0.717, 1.165) is 12.5 Å². The number of carbonyl (C=O) groups excluding carboxylic acids is 2. The summed E-state index contributed by atoms with van der Waals surface area (Å²) in [6.07, 6.45) is 2.78. The highest BCUT2D eigenvalue weighted by Crippen LogP contribution is 2.43. The molecule has 0 amide bonds. The standard InChI is InChI=1S/C20H27F2NO4/c1-3-26-18(24)14-6-5-7-20(13-14,19(25)27-4-2)8-9-23-17-11-15(21)10-16(22)12-17/h10-12,14,23H,3-9,13H2,1-2H3. The van der Waals surface area contributed by atoms with Crippen LogP contribution < -0.4 is 5.32 Å². The van der Waals surface area contributed by atoms with Gasteiger partial charge in [-0.1, -0.05) is 6.42 Å². The lowest BCUT2D eigenvalue weighted by Crippen LogP contribution is -2.41. The number of rotatable bonds is 8. The predicted molar refractivity (Wildman–Crippen MR) is 97.1 cm³/mol. The molecular weight excluding hydrogens is 356 g/mol. The van der Waals surface area contributed by atoms with Crippen molar-refractivity contribution >= 4 is 17.6 Å². The maximum atomic E-state index is 13.3. The molecule has 0 bridgehead atoms. The molecule has 2 rings (SSSR count). The van der Waals surface area contributed by atoms with E-state index < -0.39 is 17.0 Å². The Balaban J connectivity index is 2.08. The molecule has 2 unspecified atom stereocenters. The van der Waals surface area contributed by atoms with Gasteiger partial charge in [-0.15, -0.1) is 0 Å². The summed E-state index contributed by atoms with van der Waals surface area (Å²) in [6, 6.07) is 3.20. The number of hydrogen-bond donors (Lipinski definition) is 1. The molecule has 1 aromatic rings. The Labute approximate surface area is 158 Å².